The summed E-state index contributed by atoms with van der Waals surface area (Å²) in [5.41, 5.74) is 3.54. The third-order valence-corrected chi connectivity index (χ3v) is 8.34. The lowest BCUT2D eigenvalue weighted by atomic mass is 10.0. The molecule has 7 nitrogen and oxygen atoms in total. The van der Waals surface area contributed by atoms with Crippen LogP contribution in [0.3, 0.4) is 0 Å². The Labute approximate surface area is 264 Å². The summed E-state index contributed by atoms with van der Waals surface area (Å²) in [6.45, 7) is 1.84. The average Bonchev–Trinajstić information content (AvgIpc) is 3.53. The molecule has 45 heavy (non-hydrogen) atoms. The quantitative estimate of drug-likeness (QED) is 0.0989. The number of rotatable bonds is 9. The van der Waals surface area contributed by atoms with Gasteiger partial charge in [0.1, 0.15) is 5.70 Å². The van der Waals surface area contributed by atoms with E-state index in [2.05, 4.69) is 20.9 Å². The highest BCUT2D eigenvalue weighted by molar-refractivity contribution is 8.00. The summed E-state index contributed by atoms with van der Waals surface area (Å²) >= 11 is 1.38. The normalized spacial score (nSPS) is 12.1. The smallest absolute Gasteiger partial charge is 0.272 e. The van der Waals surface area contributed by atoms with Gasteiger partial charge in [-0.2, -0.15) is 0 Å². The highest BCUT2D eigenvalue weighted by Gasteiger charge is 2.18. The van der Waals surface area contributed by atoms with E-state index in [1.807, 2.05) is 104 Å². The lowest BCUT2D eigenvalue weighted by Crippen LogP contribution is -2.30. The summed E-state index contributed by atoms with van der Waals surface area (Å²) in [6, 6.07) is 37.5. The maximum Gasteiger partial charge on any atom is 0.272 e. The highest BCUT2D eigenvalue weighted by Crippen LogP contribution is 2.28. The zero-order chi connectivity index (χ0) is 31.2. The number of H-pyrrole nitrogens is 1. The molecule has 0 radical (unpaired) electrons. The molecule has 4 N–H and O–H groups in total. The summed E-state index contributed by atoms with van der Waals surface area (Å²) in [5.74, 6) is -0.999. The van der Waals surface area contributed by atoms with Crippen LogP contribution in [0.25, 0.3) is 27.8 Å². The second-order valence-electron chi connectivity index (χ2n) is 10.5. The zero-order valence-corrected chi connectivity index (χ0v) is 25.2. The van der Waals surface area contributed by atoms with Crippen molar-refractivity contribution in [1.29, 1.82) is 0 Å². The summed E-state index contributed by atoms with van der Waals surface area (Å²) in [6.07, 6.45) is 3.55. The van der Waals surface area contributed by atoms with Gasteiger partial charge in [0.25, 0.3) is 11.8 Å². The Bertz CT molecular complexity index is 2050. The van der Waals surface area contributed by atoms with E-state index in [0.29, 0.717) is 16.9 Å². The fourth-order valence-corrected chi connectivity index (χ4v) is 5.87. The fraction of sp³-hybridized carbons (Fsp3) is 0.0541. The number of nitrogens with one attached hydrogen (secondary N) is 4. The lowest BCUT2D eigenvalue weighted by molar-refractivity contribution is -0.115. The van der Waals surface area contributed by atoms with Gasteiger partial charge in [0, 0.05) is 33.5 Å². The monoisotopic (exact) mass is 610 g/mol. The lowest BCUT2D eigenvalue weighted by Gasteiger charge is -2.14. The van der Waals surface area contributed by atoms with E-state index in [9.17, 15) is 14.4 Å². The maximum atomic E-state index is 13.7. The van der Waals surface area contributed by atoms with Crippen molar-refractivity contribution in [2.75, 3.05) is 10.6 Å². The van der Waals surface area contributed by atoms with Gasteiger partial charge in [0.15, 0.2) is 0 Å². The molecule has 6 rings (SSSR count). The summed E-state index contributed by atoms with van der Waals surface area (Å²) in [7, 11) is 0. The van der Waals surface area contributed by atoms with Gasteiger partial charge in [0.05, 0.1) is 5.25 Å². The summed E-state index contributed by atoms with van der Waals surface area (Å²) in [5, 5.41) is 11.4. The summed E-state index contributed by atoms with van der Waals surface area (Å²) in [4.78, 5) is 43.7. The van der Waals surface area contributed by atoms with Crippen molar-refractivity contribution in [2.45, 2.75) is 17.1 Å². The Morgan fingerprint density at radius 1 is 0.733 bits per heavy atom. The van der Waals surface area contributed by atoms with Gasteiger partial charge in [0.2, 0.25) is 5.91 Å². The van der Waals surface area contributed by atoms with Crippen LogP contribution < -0.4 is 16.0 Å². The average molecular weight is 611 g/mol. The first-order valence-electron chi connectivity index (χ1n) is 14.4. The van der Waals surface area contributed by atoms with Gasteiger partial charge in [-0.1, -0.05) is 72.8 Å². The molecule has 0 fully saturated rings. The van der Waals surface area contributed by atoms with Crippen LogP contribution in [-0.2, 0) is 9.59 Å². The van der Waals surface area contributed by atoms with Gasteiger partial charge in [-0.05, 0) is 83.3 Å². The SMILES string of the molecule is CC(Sc1cccc(NC(=O)/C(=C\c2cccc3ccccc23)NC(=O)c2ccccc2)c1)C(=O)Nc1ccc2cc[nH]c2c1. The molecule has 1 atom stereocenters. The van der Waals surface area contributed by atoms with Crippen LogP contribution in [0.1, 0.15) is 22.8 Å². The van der Waals surface area contributed by atoms with Crippen LogP contribution in [0.4, 0.5) is 11.4 Å². The molecular formula is C37H30N4O3S. The van der Waals surface area contributed by atoms with Crippen LogP contribution in [0, 0.1) is 0 Å². The number of carbonyl (C=O) groups excluding carboxylic acids is 3. The van der Waals surface area contributed by atoms with Gasteiger partial charge >= 0.3 is 0 Å². The topological polar surface area (TPSA) is 103 Å². The number of carbonyl (C=O) groups is 3. The number of aromatic amines is 1. The first kappa shape index (κ1) is 29.5. The molecule has 8 heteroatoms. The Morgan fingerprint density at radius 2 is 1.49 bits per heavy atom. The molecule has 6 aromatic rings. The van der Waals surface area contributed by atoms with Crippen LogP contribution in [0.15, 0.2) is 138 Å². The number of amides is 3. The zero-order valence-electron chi connectivity index (χ0n) is 24.4. The van der Waals surface area contributed by atoms with E-state index in [1.54, 1.807) is 36.4 Å². The van der Waals surface area contributed by atoms with Gasteiger partial charge < -0.3 is 20.9 Å². The number of hydrogen-bond donors (Lipinski definition) is 4. The minimum atomic E-state index is -0.472. The minimum Gasteiger partial charge on any atom is -0.361 e. The maximum absolute atomic E-state index is 13.7. The second-order valence-corrected chi connectivity index (χ2v) is 11.9. The standard InChI is InChI=1S/C37H30N4O3S/c1-24(35(42)39-30-18-17-26-19-20-38-33(26)23-30)45-31-15-8-14-29(22-31)40-37(44)34(41-36(43)27-10-3-2-4-11-27)21-28-13-7-12-25-9-5-6-16-32(25)28/h2-24,38H,1H3,(H,39,42)(H,40,44)(H,41,43)/b34-21+. The van der Waals surface area contributed by atoms with Crippen LogP contribution in [0.5, 0.6) is 0 Å². The number of benzene rings is 5. The molecule has 0 spiro atoms. The predicted molar refractivity (Wildman–Crippen MR) is 183 cm³/mol. The molecule has 0 bridgehead atoms. The molecule has 0 aliphatic rings. The summed E-state index contributed by atoms with van der Waals surface area (Å²) < 4.78 is 0. The largest absolute Gasteiger partial charge is 0.361 e. The van der Waals surface area contributed by atoms with Gasteiger partial charge in [-0.25, -0.2) is 0 Å². The van der Waals surface area contributed by atoms with Crippen molar-refractivity contribution in [2.24, 2.45) is 0 Å². The van der Waals surface area contributed by atoms with Gasteiger partial charge in [-0.15, -0.1) is 11.8 Å². The van der Waals surface area contributed by atoms with E-state index in [0.717, 1.165) is 32.1 Å². The number of anilines is 2. The van der Waals surface area contributed by atoms with Crippen molar-refractivity contribution in [1.82, 2.24) is 10.3 Å². The van der Waals surface area contributed by atoms with E-state index in [1.165, 1.54) is 11.8 Å². The second kappa shape index (κ2) is 13.4. The first-order chi connectivity index (χ1) is 21.9. The first-order valence-corrected chi connectivity index (χ1v) is 15.3. The third-order valence-electron chi connectivity index (χ3n) is 7.25. The van der Waals surface area contributed by atoms with Crippen molar-refractivity contribution >= 4 is 68.6 Å². The van der Waals surface area contributed by atoms with Crippen molar-refractivity contribution in [3.05, 3.63) is 144 Å². The third kappa shape index (κ3) is 7.14. The van der Waals surface area contributed by atoms with E-state index < -0.39 is 17.1 Å². The molecule has 3 amide bonds. The Hall–Kier alpha value is -5.60. The fourth-order valence-electron chi connectivity index (χ4n) is 4.95. The number of fused-ring (bicyclic) bond motifs is 2. The van der Waals surface area contributed by atoms with Crippen molar-refractivity contribution in [3.8, 4) is 0 Å². The molecule has 5 aromatic carbocycles. The molecule has 222 valence electrons. The number of aromatic nitrogens is 1. The molecule has 1 aromatic heterocycles. The van der Waals surface area contributed by atoms with Crippen LogP contribution in [-0.4, -0.2) is 28.0 Å². The Kier molecular flexibility index (Phi) is 8.75. The number of hydrogen-bond acceptors (Lipinski definition) is 4. The Morgan fingerprint density at radius 3 is 2.36 bits per heavy atom. The molecule has 0 aliphatic carbocycles. The minimum absolute atomic E-state index is 0.102. The predicted octanol–water partition coefficient (Wildman–Crippen LogP) is 7.85. The van der Waals surface area contributed by atoms with Crippen molar-refractivity contribution in [3.63, 3.8) is 0 Å². The van der Waals surface area contributed by atoms with E-state index in [-0.39, 0.29) is 11.6 Å². The highest BCUT2D eigenvalue weighted by atomic mass is 32.2. The Balaban J connectivity index is 1.19. The van der Waals surface area contributed by atoms with E-state index >= 15 is 0 Å². The van der Waals surface area contributed by atoms with Crippen LogP contribution >= 0.6 is 11.8 Å². The van der Waals surface area contributed by atoms with E-state index in [4.69, 9.17) is 0 Å². The molecule has 0 aliphatic heterocycles. The number of thioether (sulfide) groups is 1. The van der Waals surface area contributed by atoms with Crippen LogP contribution in [0.2, 0.25) is 0 Å². The van der Waals surface area contributed by atoms with Crippen molar-refractivity contribution < 1.29 is 14.4 Å². The molecule has 0 saturated heterocycles. The molecule has 1 unspecified atom stereocenters. The molecule has 1 heterocycles. The van der Waals surface area contributed by atoms with Gasteiger partial charge in [-0.3, -0.25) is 14.4 Å². The molecular weight excluding hydrogens is 580 g/mol. The molecule has 0 saturated carbocycles.